The molecule has 0 N–H and O–H groups in total. The van der Waals surface area contributed by atoms with Crippen LogP contribution in [0.15, 0.2) is 35.4 Å². The SMILES string of the molecule is Cn1nccc1CS(=O)c1ccc(Cl)c(C(F)(F)F)c1. The molecule has 0 saturated carbocycles. The van der Waals surface area contributed by atoms with Gasteiger partial charge >= 0.3 is 6.18 Å². The van der Waals surface area contributed by atoms with Crippen LogP contribution in [-0.4, -0.2) is 14.0 Å². The number of aromatic nitrogens is 2. The minimum atomic E-state index is -4.57. The molecule has 1 aromatic carbocycles. The fraction of sp³-hybridized carbons (Fsp3) is 0.250. The maximum atomic E-state index is 12.7. The average Bonchev–Trinajstić information content (AvgIpc) is 2.74. The van der Waals surface area contributed by atoms with Gasteiger partial charge in [-0.15, -0.1) is 0 Å². The third-order valence-electron chi connectivity index (χ3n) is 2.71. The highest BCUT2D eigenvalue weighted by atomic mass is 35.5. The number of hydrogen-bond acceptors (Lipinski definition) is 2. The van der Waals surface area contributed by atoms with Gasteiger partial charge in [-0.05, 0) is 24.3 Å². The topological polar surface area (TPSA) is 34.9 Å². The Balaban J connectivity index is 2.29. The zero-order valence-corrected chi connectivity index (χ0v) is 11.9. The van der Waals surface area contributed by atoms with E-state index in [9.17, 15) is 17.4 Å². The number of nitrogens with zero attached hydrogens (tertiary/aromatic N) is 2. The van der Waals surface area contributed by atoms with Gasteiger partial charge in [0.05, 0.1) is 32.8 Å². The summed E-state index contributed by atoms with van der Waals surface area (Å²) < 4.78 is 51.8. The van der Waals surface area contributed by atoms with E-state index in [4.69, 9.17) is 11.6 Å². The zero-order valence-electron chi connectivity index (χ0n) is 10.3. The molecular formula is C12H10ClF3N2OS. The molecule has 3 nitrogen and oxygen atoms in total. The fourth-order valence-corrected chi connectivity index (χ4v) is 3.04. The molecule has 0 aliphatic rings. The smallest absolute Gasteiger partial charge is 0.272 e. The van der Waals surface area contributed by atoms with Gasteiger partial charge in [0, 0.05) is 18.1 Å². The van der Waals surface area contributed by atoms with Gasteiger partial charge in [-0.3, -0.25) is 8.89 Å². The summed E-state index contributed by atoms with van der Waals surface area (Å²) in [4.78, 5) is 0.0860. The van der Waals surface area contributed by atoms with Crippen LogP contribution in [-0.2, 0) is 29.8 Å². The maximum Gasteiger partial charge on any atom is 0.417 e. The van der Waals surface area contributed by atoms with Gasteiger partial charge in [0.1, 0.15) is 0 Å². The van der Waals surface area contributed by atoms with E-state index in [2.05, 4.69) is 5.10 Å². The van der Waals surface area contributed by atoms with Crippen molar-refractivity contribution >= 4 is 22.4 Å². The van der Waals surface area contributed by atoms with Crippen LogP contribution in [0.1, 0.15) is 11.3 Å². The van der Waals surface area contributed by atoms with Gasteiger partial charge in [0.15, 0.2) is 0 Å². The van der Waals surface area contributed by atoms with E-state index in [1.807, 2.05) is 0 Å². The Morgan fingerprint density at radius 2 is 2.05 bits per heavy atom. The van der Waals surface area contributed by atoms with Crippen LogP contribution in [0.25, 0.3) is 0 Å². The summed E-state index contributed by atoms with van der Waals surface area (Å²) in [5.74, 6) is 0.0927. The number of alkyl halides is 3. The Morgan fingerprint density at radius 3 is 2.60 bits per heavy atom. The van der Waals surface area contributed by atoms with E-state index in [0.29, 0.717) is 5.69 Å². The van der Waals surface area contributed by atoms with Crippen molar-refractivity contribution < 1.29 is 17.4 Å². The molecule has 2 rings (SSSR count). The van der Waals surface area contributed by atoms with E-state index in [-0.39, 0.29) is 10.6 Å². The Kier molecular flexibility index (Phi) is 4.19. The van der Waals surface area contributed by atoms with Crippen LogP contribution in [0.5, 0.6) is 0 Å². The van der Waals surface area contributed by atoms with Crippen LogP contribution in [0.3, 0.4) is 0 Å². The summed E-state index contributed by atoms with van der Waals surface area (Å²) in [6.07, 6.45) is -3.03. The van der Waals surface area contributed by atoms with Gasteiger partial charge < -0.3 is 0 Å². The van der Waals surface area contributed by atoms with Crippen LogP contribution in [0, 0.1) is 0 Å². The number of halogens is 4. The van der Waals surface area contributed by atoms with Gasteiger partial charge in [-0.2, -0.15) is 18.3 Å². The minimum Gasteiger partial charge on any atom is -0.272 e. The van der Waals surface area contributed by atoms with Crippen molar-refractivity contribution in [2.24, 2.45) is 7.05 Å². The van der Waals surface area contributed by atoms with E-state index in [1.54, 1.807) is 13.1 Å². The van der Waals surface area contributed by atoms with Crippen molar-refractivity contribution in [3.63, 3.8) is 0 Å². The van der Waals surface area contributed by atoms with Crippen LogP contribution >= 0.6 is 11.6 Å². The van der Waals surface area contributed by atoms with Crippen molar-refractivity contribution in [2.75, 3.05) is 0 Å². The van der Waals surface area contributed by atoms with Crippen molar-refractivity contribution in [3.8, 4) is 0 Å². The zero-order chi connectivity index (χ0) is 14.9. The summed E-state index contributed by atoms with van der Waals surface area (Å²) >= 11 is 5.52. The lowest BCUT2D eigenvalue weighted by Gasteiger charge is -2.10. The Bertz CT molecular complexity index is 654. The Labute approximate surface area is 120 Å². The Morgan fingerprint density at radius 1 is 1.35 bits per heavy atom. The van der Waals surface area contributed by atoms with Crippen molar-refractivity contribution in [2.45, 2.75) is 16.8 Å². The molecule has 20 heavy (non-hydrogen) atoms. The second-order valence-corrected chi connectivity index (χ2v) is 5.93. The maximum absolute atomic E-state index is 12.7. The van der Waals surface area contributed by atoms with Crippen molar-refractivity contribution in [1.82, 2.24) is 9.78 Å². The molecule has 0 bridgehead atoms. The molecule has 2 aromatic rings. The van der Waals surface area contributed by atoms with Crippen molar-refractivity contribution in [3.05, 3.63) is 46.7 Å². The lowest BCUT2D eigenvalue weighted by atomic mass is 10.2. The first-order chi connectivity index (χ1) is 9.29. The molecular weight excluding hydrogens is 313 g/mol. The third-order valence-corrected chi connectivity index (χ3v) is 4.37. The molecule has 0 aliphatic carbocycles. The molecule has 0 amide bonds. The lowest BCUT2D eigenvalue weighted by molar-refractivity contribution is -0.137. The quantitative estimate of drug-likeness (QED) is 0.868. The summed E-state index contributed by atoms with van der Waals surface area (Å²) in [6, 6.07) is 4.94. The minimum absolute atomic E-state index is 0.0860. The molecule has 108 valence electrons. The van der Waals surface area contributed by atoms with E-state index >= 15 is 0 Å². The van der Waals surface area contributed by atoms with E-state index in [0.717, 1.165) is 12.1 Å². The molecule has 0 aliphatic heterocycles. The first kappa shape index (κ1) is 15.1. The van der Waals surface area contributed by atoms with Gasteiger partial charge in [0.2, 0.25) is 0 Å². The highest BCUT2D eigenvalue weighted by Gasteiger charge is 2.33. The number of benzene rings is 1. The number of rotatable bonds is 3. The highest BCUT2D eigenvalue weighted by molar-refractivity contribution is 7.84. The molecule has 1 heterocycles. The average molecular weight is 323 g/mol. The molecule has 0 radical (unpaired) electrons. The molecule has 0 spiro atoms. The molecule has 0 fully saturated rings. The summed E-state index contributed by atoms with van der Waals surface area (Å²) in [5.41, 5.74) is -0.304. The van der Waals surface area contributed by atoms with Crippen LogP contribution in [0.2, 0.25) is 5.02 Å². The summed E-state index contributed by atoms with van der Waals surface area (Å²) in [5, 5.41) is 3.51. The number of aryl methyl sites for hydroxylation is 1. The van der Waals surface area contributed by atoms with Gasteiger partial charge in [0.25, 0.3) is 0 Å². The third kappa shape index (κ3) is 3.21. The summed E-state index contributed by atoms with van der Waals surface area (Å²) in [6.45, 7) is 0. The largest absolute Gasteiger partial charge is 0.417 e. The van der Waals surface area contributed by atoms with Crippen molar-refractivity contribution in [1.29, 1.82) is 0 Å². The Hall–Kier alpha value is -1.34. The molecule has 1 aromatic heterocycles. The molecule has 1 unspecified atom stereocenters. The monoisotopic (exact) mass is 322 g/mol. The normalized spacial score (nSPS) is 13.4. The van der Waals surface area contributed by atoms with E-state index in [1.165, 1.54) is 16.9 Å². The standard InChI is InChI=1S/C12H10ClF3N2OS/c1-18-8(4-5-17-18)7-20(19)9-2-3-11(13)10(6-9)12(14,15)16/h2-6H,7H2,1H3. The molecule has 8 heteroatoms. The first-order valence-corrected chi connectivity index (χ1v) is 7.20. The lowest BCUT2D eigenvalue weighted by Crippen LogP contribution is -2.08. The number of hydrogen-bond donors (Lipinski definition) is 0. The second-order valence-electron chi connectivity index (χ2n) is 4.08. The van der Waals surface area contributed by atoms with Gasteiger partial charge in [-0.25, -0.2) is 0 Å². The van der Waals surface area contributed by atoms with Crippen LogP contribution < -0.4 is 0 Å². The molecule has 1 atom stereocenters. The fourth-order valence-electron chi connectivity index (χ4n) is 1.62. The van der Waals surface area contributed by atoms with Crippen LogP contribution in [0.4, 0.5) is 13.2 Å². The molecule has 0 saturated heterocycles. The second kappa shape index (κ2) is 5.57. The van der Waals surface area contributed by atoms with Gasteiger partial charge in [-0.1, -0.05) is 11.6 Å². The predicted octanol–water partition coefficient (Wildman–Crippen LogP) is 3.40. The highest BCUT2D eigenvalue weighted by Crippen LogP contribution is 2.35. The summed E-state index contributed by atoms with van der Waals surface area (Å²) in [7, 11) is 0.0802. The predicted molar refractivity (Wildman–Crippen MR) is 69.8 cm³/mol. The first-order valence-electron chi connectivity index (χ1n) is 5.51. The van der Waals surface area contributed by atoms with E-state index < -0.39 is 27.6 Å².